The molecular weight excluding hydrogens is 436 g/mol. The second-order valence-corrected chi connectivity index (χ2v) is 10.8. The van der Waals surface area contributed by atoms with Gasteiger partial charge in [-0.25, -0.2) is 4.79 Å². The number of methoxy groups -OCH3 is 1. The normalized spacial score (nSPS) is 37.1. The number of phenolic OH excluding ortho intramolecular Hbond substituents is 1. The van der Waals surface area contributed by atoms with E-state index in [0.717, 1.165) is 6.42 Å². The van der Waals surface area contributed by atoms with Gasteiger partial charge in [0.05, 0.1) is 24.3 Å². The summed E-state index contributed by atoms with van der Waals surface area (Å²) in [6, 6.07) is 1.25. The number of hydrogen-bond acceptors (Lipinski definition) is 7. The number of ether oxygens (including phenoxy) is 2. The zero-order valence-electron chi connectivity index (χ0n) is 19.0. The lowest BCUT2D eigenvalue weighted by Crippen LogP contribution is -2.73. The molecule has 8 heteroatoms. The number of aromatic hydroxyl groups is 1. The molecule has 0 amide bonds. The fourth-order valence-electron chi connectivity index (χ4n) is 6.40. The summed E-state index contributed by atoms with van der Waals surface area (Å²) in [4.78, 5) is 12.8. The van der Waals surface area contributed by atoms with E-state index >= 15 is 0 Å². The van der Waals surface area contributed by atoms with E-state index in [2.05, 4.69) is 0 Å². The van der Waals surface area contributed by atoms with Crippen molar-refractivity contribution in [1.82, 2.24) is 0 Å². The topological polar surface area (TPSA) is 116 Å². The summed E-state index contributed by atoms with van der Waals surface area (Å²) in [5.74, 6) is -1.07. The largest absolute Gasteiger partial charge is 0.507 e. The molecule has 4 rings (SSSR count). The van der Waals surface area contributed by atoms with E-state index in [0.29, 0.717) is 17.6 Å². The van der Waals surface area contributed by atoms with Gasteiger partial charge in [0.1, 0.15) is 29.3 Å². The van der Waals surface area contributed by atoms with Crippen LogP contribution in [0, 0.1) is 29.6 Å². The van der Waals surface area contributed by atoms with E-state index in [1.54, 1.807) is 6.92 Å². The number of phenols is 1. The number of aliphatic hydroxyl groups excluding tert-OH is 2. The second-order valence-electron chi connectivity index (χ2n) is 10.4. The highest BCUT2D eigenvalue weighted by atomic mass is 35.5. The summed E-state index contributed by atoms with van der Waals surface area (Å²) in [5, 5.41) is 43.6. The van der Waals surface area contributed by atoms with Gasteiger partial charge in [0.15, 0.2) is 0 Å². The van der Waals surface area contributed by atoms with Gasteiger partial charge in [0, 0.05) is 17.4 Å². The fourth-order valence-corrected chi connectivity index (χ4v) is 6.62. The quantitative estimate of drug-likeness (QED) is 0.398. The van der Waals surface area contributed by atoms with E-state index in [1.165, 1.54) is 13.2 Å². The third-order valence-corrected chi connectivity index (χ3v) is 8.67. The SMILES string of the molecule is COc1cc(O)c(C(=O)OCC2=CC3CC(C)(C)[C@H](O)[C@@H]3[C@@]3(C)C[C@@H](O)[C@@]23O)c(C)c1Cl. The first-order chi connectivity index (χ1) is 14.8. The van der Waals surface area contributed by atoms with Crippen molar-refractivity contribution in [3.8, 4) is 11.5 Å². The standard InChI is InChI=1S/C24H31ClO7/c1-11-17(14(26)7-15(31-5)19(11)25)21(29)32-10-13-6-12-8-22(2,3)20(28)18(12)23(4)9-16(27)24(13,23)30/h6-7,12,16,18,20,26-28,30H,8-10H2,1-5H3/t12?,16-,18-,20-,23-,24+/m1/s1. The Morgan fingerprint density at radius 3 is 2.50 bits per heavy atom. The zero-order chi connectivity index (χ0) is 23.8. The number of benzene rings is 1. The lowest BCUT2D eigenvalue weighted by Gasteiger charge is -2.65. The Morgan fingerprint density at radius 2 is 1.91 bits per heavy atom. The second kappa shape index (κ2) is 7.35. The number of halogens is 1. The number of carbonyl (C=O) groups excluding carboxylic acids is 1. The molecule has 1 unspecified atom stereocenters. The highest BCUT2D eigenvalue weighted by Gasteiger charge is 2.73. The molecule has 1 aromatic carbocycles. The molecule has 1 aromatic rings. The molecule has 0 aliphatic heterocycles. The molecule has 7 nitrogen and oxygen atoms in total. The fraction of sp³-hybridized carbons (Fsp3) is 0.625. The van der Waals surface area contributed by atoms with Crippen molar-refractivity contribution in [2.24, 2.45) is 22.7 Å². The van der Waals surface area contributed by atoms with Gasteiger partial charge in [0.2, 0.25) is 0 Å². The molecule has 32 heavy (non-hydrogen) atoms. The van der Waals surface area contributed by atoms with E-state index in [-0.39, 0.29) is 45.9 Å². The maximum atomic E-state index is 12.8. The average Bonchev–Trinajstić information content (AvgIpc) is 2.95. The Balaban J connectivity index is 1.63. The Kier molecular flexibility index (Phi) is 5.37. The number of rotatable bonds is 4. The third kappa shape index (κ3) is 2.94. The van der Waals surface area contributed by atoms with Gasteiger partial charge in [-0.15, -0.1) is 0 Å². The molecule has 4 N–H and O–H groups in total. The molecule has 0 radical (unpaired) electrons. The molecule has 2 fully saturated rings. The van der Waals surface area contributed by atoms with Gasteiger partial charge in [0.25, 0.3) is 0 Å². The molecule has 6 atom stereocenters. The van der Waals surface area contributed by atoms with Crippen LogP contribution in [0.5, 0.6) is 11.5 Å². The first kappa shape index (κ1) is 23.4. The van der Waals surface area contributed by atoms with E-state index in [9.17, 15) is 25.2 Å². The molecule has 3 aliphatic rings. The number of carbonyl (C=O) groups is 1. The van der Waals surface area contributed by atoms with Crippen molar-refractivity contribution < 1.29 is 34.7 Å². The highest BCUT2D eigenvalue weighted by molar-refractivity contribution is 6.33. The first-order valence-corrected chi connectivity index (χ1v) is 11.2. The van der Waals surface area contributed by atoms with E-state index in [4.69, 9.17) is 21.1 Å². The Morgan fingerprint density at radius 1 is 1.25 bits per heavy atom. The molecule has 0 aromatic heterocycles. The number of allylic oxidation sites excluding steroid dienone is 1. The Bertz CT molecular complexity index is 1000. The third-order valence-electron chi connectivity index (χ3n) is 8.20. The van der Waals surface area contributed by atoms with Gasteiger partial charge in [-0.1, -0.05) is 38.4 Å². The van der Waals surface area contributed by atoms with Gasteiger partial charge in [-0.2, -0.15) is 0 Å². The van der Waals surface area contributed by atoms with Crippen LogP contribution in [0.4, 0.5) is 0 Å². The average molecular weight is 467 g/mol. The molecule has 2 saturated carbocycles. The van der Waals surface area contributed by atoms with Crippen LogP contribution in [0.15, 0.2) is 17.7 Å². The zero-order valence-corrected chi connectivity index (χ0v) is 19.7. The van der Waals surface area contributed by atoms with Crippen LogP contribution in [0.25, 0.3) is 0 Å². The predicted molar refractivity (Wildman–Crippen MR) is 118 cm³/mol. The van der Waals surface area contributed by atoms with Crippen LogP contribution in [0.3, 0.4) is 0 Å². The minimum Gasteiger partial charge on any atom is -0.507 e. The lowest BCUT2D eigenvalue weighted by atomic mass is 9.44. The summed E-state index contributed by atoms with van der Waals surface area (Å²) in [6.07, 6.45) is 1.31. The summed E-state index contributed by atoms with van der Waals surface area (Å²) >= 11 is 6.22. The minimum absolute atomic E-state index is 0.00273. The summed E-state index contributed by atoms with van der Waals surface area (Å²) in [5.41, 5.74) is -1.99. The van der Waals surface area contributed by atoms with Crippen molar-refractivity contribution in [3.05, 3.63) is 33.9 Å². The van der Waals surface area contributed by atoms with Gasteiger partial charge in [-0.3, -0.25) is 0 Å². The minimum atomic E-state index is -1.59. The van der Waals surface area contributed by atoms with Crippen molar-refractivity contribution in [2.75, 3.05) is 13.7 Å². The number of aliphatic hydroxyl groups is 3. The van der Waals surface area contributed by atoms with Crippen LogP contribution in [-0.2, 0) is 4.74 Å². The smallest absolute Gasteiger partial charge is 0.342 e. The number of hydrogen-bond donors (Lipinski definition) is 4. The van der Waals surface area contributed by atoms with Crippen LogP contribution < -0.4 is 4.74 Å². The summed E-state index contributed by atoms with van der Waals surface area (Å²) in [6.45, 7) is 7.22. The van der Waals surface area contributed by atoms with Crippen LogP contribution in [-0.4, -0.2) is 57.9 Å². The molecule has 0 spiro atoms. The van der Waals surface area contributed by atoms with Crippen molar-refractivity contribution in [3.63, 3.8) is 0 Å². The first-order valence-electron chi connectivity index (χ1n) is 10.8. The van der Waals surface area contributed by atoms with Crippen molar-refractivity contribution in [2.45, 2.75) is 58.3 Å². The predicted octanol–water partition coefficient (Wildman–Crippen LogP) is 2.98. The highest BCUT2D eigenvalue weighted by Crippen LogP contribution is 2.68. The summed E-state index contributed by atoms with van der Waals surface area (Å²) in [7, 11) is 1.41. The monoisotopic (exact) mass is 466 g/mol. The Labute approximate surface area is 192 Å². The summed E-state index contributed by atoms with van der Waals surface area (Å²) < 4.78 is 10.6. The lowest BCUT2D eigenvalue weighted by molar-refractivity contribution is -0.261. The molecule has 0 heterocycles. The molecule has 0 saturated heterocycles. The van der Waals surface area contributed by atoms with E-state index < -0.39 is 29.2 Å². The number of fused-ring (bicyclic) bond motifs is 3. The van der Waals surface area contributed by atoms with Crippen molar-refractivity contribution in [1.29, 1.82) is 0 Å². The molecule has 0 bridgehead atoms. The van der Waals surface area contributed by atoms with Crippen LogP contribution in [0.2, 0.25) is 5.02 Å². The molecular formula is C24H31ClO7. The number of esters is 1. The van der Waals surface area contributed by atoms with Gasteiger partial charge < -0.3 is 29.9 Å². The maximum Gasteiger partial charge on any atom is 0.342 e. The molecule has 3 aliphatic carbocycles. The Hall–Kier alpha value is -1.80. The maximum absolute atomic E-state index is 12.8. The van der Waals surface area contributed by atoms with Crippen LogP contribution in [0.1, 0.15) is 49.5 Å². The van der Waals surface area contributed by atoms with Crippen molar-refractivity contribution >= 4 is 17.6 Å². The van der Waals surface area contributed by atoms with Crippen LogP contribution >= 0.6 is 11.6 Å². The van der Waals surface area contributed by atoms with E-state index in [1.807, 2.05) is 26.8 Å². The van der Waals surface area contributed by atoms with Gasteiger partial charge in [-0.05, 0) is 42.2 Å². The van der Waals surface area contributed by atoms with Gasteiger partial charge >= 0.3 is 5.97 Å². The molecule has 176 valence electrons.